The Hall–Kier alpha value is -1.36. The minimum atomic E-state index is 0.393. The highest BCUT2D eigenvalue weighted by Crippen LogP contribution is 2.35. The van der Waals surface area contributed by atoms with Crippen molar-refractivity contribution in [2.24, 2.45) is 5.41 Å². The zero-order valence-electron chi connectivity index (χ0n) is 12.8. The molecule has 0 amide bonds. The second-order valence-corrected chi connectivity index (χ2v) is 5.96. The lowest BCUT2D eigenvalue weighted by molar-refractivity contribution is 0.178. The third kappa shape index (κ3) is 4.07. The zero-order chi connectivity index (χ0) is 14.4. The normalized spacial score (nSPS) is 17.8. The molecule has 0 radical (unpaired) electrons. The van der Waals surface area contributed by atoms with Crippen LogP contribution in [-0.2, 0) is 11.3 Å². The molecule has 5 heteroatoms. The summed E-state index contributed by atoms with van der Waals surface area (Å²) in [5.74, 6) is 2.40. The molecule has 5 nitrogen and oxygen atoms in total. The fraction of sp³-hybridized carbons (Fsp3) is 0.733. The maximum atomic E-state index is 5.12. The van der Waals surface area contributed by atoms with E-state index in [-0.39, 0.29) is 0 Å². The predicted octanol–water partition coefficient (Wildman–Crippen LogP) is 3.05. The van der Waals surface area contributed by atoms with Crippen LogP contribution in [-0.4, -0.2) is 30.7 Å². The van der Waals surface area contributed by atoms with Gasteiger partial charge in [0.05, 0.1) is 0 Å². The molecule has 0 bridgehead atoms. The van der Waals surface area contributed by atoms with E-state index in [1.165, 1.54) is 32.1 Å². The van der Waals surface area contributed by atoms with E-state index in [9.17, 15) is 0 Å². The van der Waals surface area contributed by atoms with Crippen molar-refractivity contribution in [3.63, 3.8) is 0 Å². The first kappa shape index (κ1) is 15.0. The van der Waals surface area contributed by atoms with Gasteiger partial charge in [-0.1, -0.05) is 26.2 Å². The Bertz CT molecular complexity index is 430. The van der Waals surface area contributed by atoms with E-state index in [1.54, 1.807) is 7.11 Å². The molecule has 20 heavy (non-hydrogen) atoms. The highest BCUT2D eigenvalue weighted by atomic mass is 16.5. The van der Waals surface area contributed by atoms with Crippen molar-refractivity contribution in [1.29, 1.82) is 0 Å². The van der Waals surface area contributed by atoms with Crippen molar-refractivity contribution >= 4 is 11.6 Å². The van der Waals surface area contributed by atoms with Gasteiger partial charge >= 0.3 is 0 Å². The molecule has 2 rings (SSSR count). The third-order valence-electron chi connectivity index (χ3n) is 4.06. The Morgan fingerprint density at radius 1 is 1.20 bits per heavy atom. The lowest BCUT2D eigenvalue weighted by Gasteiger charge is -2.33. The minimum Gasteiger partial charge on any atom is -0.377 e. The topological polar surface area (TPSA) is 59.1 Å². The van der Waals surface area contributed by atoms with E-state index in [0.29, 0.717) is 17.8 Å². The number of nitrogens with zero attached hydrogens (tertiary/aromatic N) is 2. The fourth-order valence-corrected chi connectivity index (χ4v) is 2.80. The van der Waals surface area contributed by atoms with Gasteiger partial charge in [-0.05, 0) is 18.3 Å². The predicted molar refractivity (Wildman–Crippen MR) is 82.0 cm³/mol. The summed E-state index contributed by atoms with van der Waals surface area (Å²) in [4.78, 5) is 8.87. The third-order valence-corrected chi connectivity index (χ3v) is 4.06. The molecule has 1 saturated carbocycles. The summed E-state index contributed by atoms with van der Waals surface area (Å²) in [5.41, 5.74) is 0.393. The van der Waals surface area contributed by atoms with Crippen LogP contribution in [0.2, 0.25) is 0 Å². The maximum Gasteiger partial charge on any atom is 0.158 e. The van der Waals surface area contributed by atoms with Gasteiger partial charge in [0.2, 0.25) is 0 Å². The quantitative estimate of drug-likeness (QED) is 0.837. The zero-order valence-corrected chi connectivity index (χ0v) is 12.8. The number of hydrogen-bond acceptors (Lipinski definition) is 5. The van der Waals surface area contributed by atoms with Crippen LogP contribution >= 0.6 is 0 Å². The van der Waals surface area contributed by atoms with Gasteiger partial charge in [0.15, 0.2) is 5.82 Å². The van der Waals surface area contributed by atoms with Gasteiger partial charge in [0, 0.05) is 26.8 Å². The van der Waals surface area contributed by atoms with Gasteiger partial charge in [-0.3, -0.25) is 0 Å². The molecule has 0 atom stereocenters. The molecule has 1 aromatic rings. The Morgan fingerprint density at radius 2 is 1.90 bits per heavy atom. The van der Waals surface area contributed by atoms with Gasteiger partial charge in [-0.2, -0.15) is 0 Å². The minimum absolute atomic E-state index is 0.393. The summed E-state index contributed by atoms with van der Waals surface area (Å²) in [5, 5.41) is 6.55. The van der Waals surface area contributed by atoms with Gasteiger partial charge in [-0.15, -0.1) is 0 Å². The van der Waals surface area contributed by atoms with Crippen LogP contribution in [0.4, 0.5) is 11.6 Å². The maximum absolute atomic E-state index is 5.12. The summed E-state index contributed by atoms with van der Waals surface area (Å²) in [6, 6.07) is 1.95. The Balaban J connectivity index is 2.02. The average molecular weight is 278 g/mol. The standard InChI is InChI=1S/C15H26N4O/c1-15(7-5-4-6-8-15)11-17-13-9-12(16-2)18-14(19-13)10-20-3/h9H,4-8,10-11H2,1-3H3,(H2,16,17,18,19). The first-order valence-electron chi connectivity index (χ1n) is 7.44. The van der Waals surface area contributed by atoms with Crippen LogP contribution < -0.4 is 10.6 Å². The summed E-state index contributed by atoms with van der Waals surface area (Å²) in [7, 11) is 3.52. The molecule has 1 aliphatic carbocycles. The first-order valence-corrected chi connectivity index (χ1v) is 7.44. The average Bonchev–Trinajstić information content (AvgIpc) is 2.46. The largest absolute Gasteiger partial charge is 0.377 e. The van der Waals surface area contributed by atoms with Crippen molar-refractivity contribution in [3.05, 3.63) is 11.9 Å². The Kier molecular flexibility index (Phi) is 5.17. The molecule has 1 aliphatic rings. The van der Waals surface area contributed by atoms with Crippen LogP contribution in [0.1, 0.15) is 44.9 Å². The second kappa shape index (κ2) is 6.88. The van der Waals surface area contributed by atoms with E-state index in [1.807, 2.05) is 13.1 Å². The Labute approximate surface area is 121 Å². The molecule has 2 N–H and O–H groups in total. The number of nitrogens with one attached hydrogen (secondary N) is 2. The van der Waals surface area contributed by atoms with E-state index < -0.39 is 0 Å². The molecule has 1 fully saturated rings. The lowest BCUT2D eigenvalue weighted by Crippen LogP contribution is -2.29. The molecule has 112 valence electrons. The van der Waals surface area contributed by atoms with Crippen molar-refractivity contribution in [1.82, 2.24) is 9.97 Å². The van der Waals surface area contributed by atoms with Gasteiger partial charge in [0.1, 0.15) is 18.2 Å². The summed E-state index contributed by atoms with van der Waals surface area (Å²) >= 11 is 0. The lowest BCUT2D eigenvalue weighted by atomic mass is 9.76. The fourth-order valence-electron chi connectivity index (χ4n) is 2.80. The van der Waals surface area contributed by atoms with E-state index in [0.717, 1.165) is 18.2 Å². The molecule has 0 aliphatic heterocycles. The highest BCUT2D eigenvalue weighted by Gasteiger charge is 2.26. The van der Waals surface area contributed by atoms with Crippen LogP contribution in [0.25, 0.3) is 0 Å². The summed E-state index contributed by atoms with van der Waals surface area (Å²) in [6.45, 7) is 3.77. The van der Waals surface area contributed by atoms with E-state index in [2.05, 4.69) is 27.5 Å². The van der Waals surface area contributed by atoms with Crippen LogP contribution in [0.15, 0.2) is 6.07 Å². The van der Waals surface area contributed by atoms with Crippen molar-refractivity contribution in [3.8, 4) is 0 Å². The van der Waals surface area contributed by atoms with Gasteiger partial charge in [-0.25, -0.2) is 9.97 Å². The van der Waals surface area contributed by atoms with Crippen molar-refractivity contribution < 1.29 is 4.74 Å². The van der Waals surface area contributed by atoms with Crippen molar-refractivity contribution in [2.45, 2.75) is 45.6 Å². The monoisotopic (exact) mass is 278 g/mol. The second-order valence-electron chi connectivity index (χ2n) is 5.96. The molecular weight excluding hydrogens is 252 g/mol. The molecule has 1 aromatic heterocycles. The van der Waals surface area contributed by atoms with Crippen LogP contribution in [0.5, 0.6) is 0 Å². The Morgan fingerprint density at radius 3 is 2.55 bits per heavy atom. The first-order chi connectivity index (χ1) is 9.65. The van der Waals surface area contributed by atoms with E-state index in [4.69, 9.17) is 4.74 Å². The van der Waals surface area contributed by atoms with E-state index >= 15 is 0 Å². The number of aromatic nitrogens is 2. The number of ether oxygens (including phenoxy) is 1. The number of methoxy groups -OCH3 is 1. The highest BCUT2D eigenvalue weighted by molar-refractivity contribution is 5.47. The van der Waals surface area contributed by atoms with Crippen LogP contribution in [0, 0.1) is 5.41 Å². The summed E-state index contributed by atoms with van der Waals surface area (Å²) in [6.07, 6.45) is 6.67. The molecule has 0 saturated heterocycles. The van der Waals surface area contributed by atoms with Gasteiger partial charge in [0.25, 0.3) is 0 Å². The molecule has 0 unspecified atom stereocenters. The van der Waals surface area contributed by atoms with Crippen LogP contribution in [0.3, 0.4) is 0 Å². The number of rotatable bonds is 6. The van der Waals surface area contributed by atoms with Crippen molar-refractivity contribution in [2.75, 3.05) is 31.3 Å². The number of hydrogen-bond donors (Lipinski definition) is 2. The molecular formula is C15H26N4O. The number of anilines is 2. The molecule has 0 spiro atoms. The SMILES string of the molecule is CNc1cc(NCC2(C)CCCCC2)nc(COC)n1. The summed E-state index contributed by atoms with van der Waals surface area (Å²) < 4.78 is 5.12. The smallest absolute Gasteiger partial charge is 0.158 e. The molecule has 1 heterocycles. The molecule has 0 aromatic carbocycles. The van der Waals surface area contributed by atoms with Gasteiger partial charge < -0.3 is 15.4 Å².